The second-order valence-electron chi connectivity index (χ2n) is 5.75. The van der Waals surface area contributed by atoms with Crippen LogP contribution < -0.4 is 5.32 Å². The number of benzene rings is 2. The van der Waals surface area contributed by atoms with Crippen molar-refractivity contribution < 1.29 is 0 Å². The summed E-state index contributed by atoms with van der Waals surface area (Å²) >= 11 is 0. The third-order valence-corrected chi connectivity index (χ3v) is 4.11. The van der Waals surface area contributed by atoms with Gasteiger partial charge in [0.25, 0.3) is 0 Å². The summed E-state index contributed by atoms with van der Waals surface area (Å²) in [5.74, 6) is 0. The fraction of sp³-hybridized carbons (Fsp3) is 0.368. The highest BCUT2D eigenvalue weighted by molar-refractivity contribution is 5.32. The Kier molecular flexibility index (Phi) is 4.97. The molecule has 0 aliphatic carbocycles. The van der Waals surface area contributed by atoms with Crippen LogP contribution in [0.25, 0.3) is 0 Å². The molecule has 2 rings (SSSR count). The summed E-state index contributed by atoms with van der Waals surface area (Å²) in [6, 6.07) is 15.9. The molecule has 1 N–H and O–H groups in total. The van der Waals surface area contributed by atoms with E-state index in [2.05, 4.69) is 75.6 Å². The Hall–Kier alpha value is -1.60. The minimum atomic E-state index is 0.483. The molecule has 1 unspecified atom stereocenters. The maximum atomic E-state index is 3.47. The normalized spacial score (nSPS) is 12.4. The van der Waals surface area contributed by atoms with Crippen molar-refractivity contribution in [1.29, 1.82) is 0 Å². The van der Waals surface area contributed by atoms with Gasteiger partial charge < -0.3 is 5.32 Å². The molecule has 1 nitrogen and oxygen atoms in total. The van der Waals surface area contributed by atoms with Crippen molar-refractivity contribution in [3.05, 3.63) is 70.3 Å². The van der Waals surface area contributed by atoms with Gasteiger partial charge in [-0.2, -0.15) is 0 Å². The van der Waals surface area contributed by atoms with Gasteiger partial charge in [-0.05, 0) is 62.9 Å². The largest absolute Gasteiger partial charge is 0.316 e. The fourth-order valence-corrected chi connectivity index (χ4v) is 2.67. The first-order chi connectivity index (χ1) is 9.60. The topological polar surface area (TPSA) is 12.0 Å². The SMILES string of the molecule is CNC(Cc1ccccc1C)Cc1cc(C)ccc1C. The molecule has 0 amide bonds. The maximum absolute atomic E-state index is 3.47. The lowest BCUT2D eigenvalue weighted by atomic mass is 9.94. The highest BCUT2D eigenvalue weighted by Gasteiger charge is 2.11. The molecule has 2 aromatic rings. The maximum Gasteiger partial charge on any atom is 0.0145 e. The molecule has 1 heteroatoms. The van der Waals surface area contributed by atoms with E-state index in [-0.39, 0.29) is 0 Å². The summed E-state index contributed by atoms with van der Waals surface area (Å²) in [4.78, 5) is 0. The van der Waals surface area contributed by atoms with Crippen molar-refractivity contribution in [1.82, 2.24) is 5.32 Å². The summed E-state index contributed by atoms with van der Waals surface area (Å²) in [7, 11) is 2.06. The van der Waals surface area contributed by atoms with Crippen molar-refractivity contribution in [2.75, 3.05) is 7.05 Å². The first-order valence-electron chi connectivity index (χ1n) is 7.38. The first kappa shape index (κ1) is 14.8. The zero-order valence-corrected chi connectivity index (χ0v) is 13.0. The van der Waals surface area contributed by atoms with E-state index in [0.717, 1.165) is 12.8 Å². The lowest BCUT2D eigenvalue weighted by Gasteiger charge is -2.19. The van der Waals surface area contributed by atoms with Crippen LogP contribution in [0.2, 0.25) is 0 Å². The van der Waals surface area contributed by atoms with E-state index in [1.54, 1.807) is 0 Å². The molecule has 0 saturated heterocycles. The Morgan fingerprint density at radius 3 is 2.20 bits per heavy atom. The molecule has 0 bridgehead atoms. The molecule has 0 fully saturated rings. The van der Waals surface area contributed by atoms with Crippen LogP contribution in [0, 0.1) is 20.8 Å². The summed E-state index contributed by atoms with van der Waals surface area (Å²) < 4.78 is 0. The van der Waals surface area contributed by atoms with Gasteiger partial charge in [-0.15, -0.1) is 0 Å². The molecular weight excluding hydrogens is 242 g/mol. The van der Waals surface area contributed by atoms with Crippen LogP contribution in [0.5, 0.6) is 0 Å². The van der Waals surface area contributed by atoms with Crippen LogP contribution in [0.1, 0.15) is 27.8 Å². The molecule has 0 aromatic heterocycles. The summed E-state index contributed by atoms with van der Waals surface area (Å²) in [5, 5.41) is 3.47. The van der Waals surface area contributed by atoms with Crippen molar-refractivity contribution >= 4 is 0 Å². The van der Waals surface area contributed by atoms with E-state index in [4.69, 9.17) is 0 Å². The second-order valence-corrected chi connectivity index (χ2v) is 5.75. The number of likely N-dealkylation sites (N-methyl/N-ethyl adjacent to an activating group) is 1. The van der Waals surface area contributed by atoms with Crippen molar-refractivity contribution in [3.8, 4) is 0 Å². The quantitative estimate of drug-likeness (QED) is 0.864. The molecule has 106 valence electrons. The Bertz CT molecular complexity index is 572. The zero-order valence-electron chi connectivity index (χ0n) is 13.0. The molecule has 0 saturated carbocycles. The Balaban J connectivity index is 2.13. The Morgan fingerprint density at radius 1 is 0.850 bits per heavy atom. The summed E-state index contributed by atoms with van der Waals surface area (Å²) in [5.41, 5.74) is 7.01. The molecule has 0 aliphatic heterocycles. The monoisotopic (exact) mass is 267 g/mol. The van der Waals surface area contributed by atoms with E-state index >= 15 is 0 Å². The zero-order chi connectivity index (χ0) is 14.5. The Morgan fingerprint density at radius 2 is 1.50 bits per heavy atom. The summed E-state index contributed by atoms with van der Waals surface area (Å²) in [6.07, 6.45) is 2.16. The van der Waals surface area contributed by atoms with Gasteiger partial charge in [0, 0.05) is 6.04 Å². The molecule has 1 atom stereocenters. The lowest BCUT2D eigenvalue weighted by molar-refractivity contribution is 0.554. The van der Waals surface area contributed by atoms with Crippen LogP contribution in [0.3, 0.4) is 0 Å². The van der Waals surface area contributed by atoms with Gasteiger partial charge in [-0.3, -0.25) is 0 Å². The van der Waals surface area contributed by atoms with Crippen LogP contribution in [-0.4, -0.2) is 13.1 Å². The van der Waals surface area contributed by atoms with Gasteiger partial charge >= 0.3 is 0 Å². The fourth-order valence-electron chi connectivity index (χ4n) is 2.67. The second kappa shape index (κ2) is 6.71. The van der Waals surface area contributed by atoms with Gasteiger partial charge in [0.15, 0.2) is 0 Å². The van der Waals surface area contributed by atoms with E-state index in [0.29, 0.717) is 6.04 Å². The minimum Gasteiger partial charge on any atom is -0.316 e. The smallest absolute Gasteiger partial charge is 0.0145 e. The molecule has 0 radical (unpaired) electrons. The van der Waals surface area contributed by atoms with E-state index in [1.165, 1.54) is 27.8 Å². The molecule has 0 heterocycles. The van der Waals surface area contributed by atoms with Gasteiger partial charge in [-0.25, -0.2) is 0 Å². The van der Waals surface area contributed by atoms with Crippen LogP contribution in [0.15, 0.2) is 42.5 Å². The Labute approximate surface area is 123 Å². The van der Waals surface area contributed by atoms with Crippen LogP contribution >= 0.6 is 0 Å². The van der Waals surface area contributed by atoms with Crippen LogP contribution in [-0.2, 0) is 12.8 Å². The lowest BCUT2D eigenvalue weighted by Crippen LogP contribution is -2.30. The van der Waals surface area contributed by atoms with Crippen molar-refractivity contribution in [2.45, 2.75) is 39.7 Å². The predicted octanol–water partition coefficient (Wildman–Crippen LogP) is 3.99. The predicted molar refractivity (Wildman–Crippen MR) is 87.4 cm³/mol. The highest BCUT2D eigenvalue weighted by Crippen LogP contribution is 2.16. The van der Waals surface area contributed by atoms with E-state index < -0.39 is 0 Å². The molecule has 20 heavy (non-hydrogen) atoms. The number of nitrogens with one attached hydrogen (secondary N) is 1. The first-order valence-corrected chi connectivity index (χ1v) is 7.38. The van der Waals surface area contributed by atoms with Gasteiger partial charge in [-0.1, -0.05) is 48.0 Å². The van der Waals surface area contributed by atoms with E-state index in [9.17, 15) is 0 Å². The number of rotatable bonds is 5. The minimum absolute atomic E-state index is 0.483. The third kappa shape index (κ3) is 3.71. The number of hydrogen-bond donors (Lipinski definition) is 1. The molecule has 2 aromatic carbocycles. The molecular formula is C19H25N. The third-order valence-electron chi connectivity index (χ3n) is 4.11. The standard InChI is InChI=1S/C19H25N/c1-14-9-10-16(3)18(11-14)13-19(20-4)12-17-8-6-5-7-15(17)2/h5-11,19-20H,12-13H2,1-4H3. The van der Waals surface area contributed by atoms with Gasteiger partial charge in [0.05, 0.1) is 0 Å². The molecule has 0 aliphatic rings. The highest BCUT2D eigenvalue weighted by atomic mass is 14.9. The van der Waals surface area contributed by atoms with Gasteiger partial charge in [0.2, 0.25) is 0 Å². The molecule has 0 spiro atoms. The number of aryl methyl sites for hydroxylation is 3. The van der Waals surface area contributed by atoms with Crippen molar-refractivity contribution in [3.63, 3.8) is 0 Å². The van der Waals surface area contributed by atoms with Gasteiger partial charge in [0.1, 0.15) is 0 Å². The number of hydrogen-bond acceptors (Lipinski definition) is 1. The average molecular weight is 267 g/mol. The van der Waals surface area contributed by atoms with E-state index in [1.807, 2.05) is 0 Å². The van der Waals surface area contributed by atoms with Crippen LogP contribution in [0.4, 0.5) is 0 Å². The summed E-state index contributed by atoms with van der Waals surface area (Å²) in [6.45, 7) is 6.56. The average Bonchev–Trinajstić information content (AvgIpc) is 2.44. The van der Waals surface area contributed by atoms with Crippen molar-refractivity contribution in [2.24, 2.45) is 0 Å².